The average molecular weight is 357 g/mol. The lowest BCUT2D eigenvalue weighted by atomic mass is 10.2. The molecule has 136 valence electrons. The topological polar surface area (TPSA) is 96.3 Å². The third kappa shape index (κ3) is 3.62. The van der Waals surface area contributed by atoms with Crippen molar-refractivity contribution in [2.75, 3.05) is 20.2 Å². The molecule has 0 unspecified atom stereocenters. The molecular weight excluding hydrogens is 338 g/mol. The molecular formula is C19H19NO6. The molecule has 1 aliphatic rings. The zero-order valence-corrected chi connectivity index (χ0v) is 14.2. The number of β-amino-alcohol motifs (C(OH)–C–C–N with tert-alkyl or cyclic N) is 1. The van der Waals surface area contributed by atoms with Gasteiger partial charge in [0.05, 0.1) is 31.3 Å². The molecule has 0 saturated carbocycles. The van der Waals surface area contributed by atoms with Crippen LogP contribution in [0.2, 0.25) is 0 Å². The summed E-state index contributed by atoms with van der Waals surface area (Å²) in [5.74, 6) is -0.355. The number of rotatable bonds is 5. The minimum Gasteiger partial charge on any atom is -0.496 e. The van der Waals surface area contributed by atoms with Crippen LogP contribution in [0.15, 0.2) is 48.5 Å². The Morgan fingerprint density at radius 2 is 1.77 bits per heavy atom. The van der Waals surface area contributed by atoms with Gasteiger partial charge in [-0.1, -0.05) is 12.1 Å². The molecule has 0 aliphatic carbocycles. The summed E-state index contributed by atoms with van der Waals surface area (Å²) in [6.07, 6.45) is -1.43. The molecule has 7 nitrogen and oxygen atoms in total. The number of ether oxygens (including phenoxy) is 2. The molecule has 1 fully saturated rings. The molecule has 0 spiro atoms. The molecule has 0 bridgehead atoms. The number of methoxy groups -OCH3 is 1. The lowest BCUT2D eigenvalue weighted by Crippen LogP contribution is -2.31. The van der Waals surface area contributed by atoms with Crippen LogP contribution in [0.3, 0.4) is 0 Å². The van der Waals surface area contributed by atoms with Crippen LogP contribution < -0.4 is 9.47 Å². The molecule has 2 aromatic carbocycles. The third-order valence-corrected chi connectivity index (χ3v) is 4.25. The Hall–Kier alpha value is -3.06. The first-order valence-electron chi connectivity index (χ1n) is 8.10. The number of aliphatic hydroxyl groups excluding tert-OH is 1. The first kappa shape index (κ1) is 17.8. The van der Waals surface area contributed by atoms with Crippen molar-refractivity contribution in [3.8, 4) is 11.5 Å². The number of para-hydroxylation sites is 1. The number of nitrogens with zero attached hydrogens (tertiary/aromatic N) is 1. The highest BCUT2D eigenvalue weighted by atomic mass is 16.5. The van der Waals surface area contributed by atoms with Gasteiger partial charge in [0.25, 0.3) is 5.91 Å². The van der Waals surface area contributed by atoms with Crippen LogP contribution in [-0.2, 0) is 0 Å². The van der Waals surface area contributed by atoms with E-state index < -0.39 is 18.2 Å². The Morgan fingerprint density at radius 1 is 1.08 bits per heavy atom. The summed E-state index contributed by atoms with van der Waals surface area (Å²) in [7, 11) is 1.50. The first-order chi connectivity index (χ1) is 12.5. The van der Waals surface area contributed by atoms with Crippen LogP contribution in [0, 0.1) is 0 Å². The molecule has 2 atom stereocenters. The van der Waals surface area contributed by atoms with E-state index in [-0.39, 0.29) is 24.6 Å². The van der Waals surface area contributed by atoms with Gasteiger partial charge in [-0.25, -0.2) is 4.79 Å². The number of aliphatic hydroxyl groups is 1. The lowest BCUT2D eigenvalue weighted by Gasteiger charge is -2.18. The van der Waals surface area contributed by atoms with Gasteiger partial charge in [0.2, 0.25) is 0 Å². The Bertz CT molecular complexity index is 804. The Balaban J connectivity index is 1.69. The fourth-order valence-electron chi connectivity index (χ4n) is 2.88. The van der Waals surface area contributed by atoms with Crippen LogP contribution in [0.1, 0.15) is 20.7 Å². The van der Waals surface area contributed by atoms with E-state index in [1.54, 1.807) is 24.3 Å². The van der Waals surface area contributed by atoms with Gasteiger partial charge in [0.15, 0.2) is 0 Å². The fourth-order valence-corrected chi connectivity index (χ4v) is 2.88. The van der Waals surface area contributed by atoms with Gasteiger partial charge in [-0.3, -0.25) is 4.79 Å². The normalized spacial score (nSPS) is 19.2. The van der Waals surface area contributed by atoms with Gasteiger partial charge in [0, 0.05) is 0 Å². The molecule has 2 aromatic rings. The van der Waals surface area contributed by atoms with Crippen molar-refractivity contribution >= 4 is 11.9 Å². The summed E-state index contributed by atoms with van der Waals surface area (Å²) in [6, 6.07) is 12.8. The largest absolute Gasteiger partial charge is 0.496 e. The summed E-state index contributed by atoms with van der Waals surface area (Å²) >= 11 is 0. The average Bonchev–Trinajstić information content (AvgIpc) is 3.02. The number of carbonyl (C=O) groups excluding carboxylic acids is 1. The van der Waals surface area contributed by atoms with E-state index in [9.17, 15) is 14.7 Å². The maximum atomic E-state index is 12.7. The SMILES string of the molecule is COc1ccccc1C(=O)N1C[C@@H](O)[C@H](Oc2ccc(C(=O)O)cc2)C1. The van der Waals surface area contributed by atoms with Gasteiger partial charge in [-0.2, -0.15) is 0 Å². The van der Waals surface area contributed by atoms with Crippen LogP contribution in [0.4, 0.5) is 0 Å². The fraction of sp³-hybridized carbons (Fsp3) is 0.263. The molecule has 1 saturated heterocycles. The molecule has 1 aliphatic heterocycles. The van der Waals surface area contributed by atoms with Crippen molar-refractivity contribution in [1.29, 1.82) is 0 Å². The zero-order valence-electron chi connectivity index (χ0n) is 14.2. The molecule has 0 radical (unpaired) electrons. The van der Waals surface area contributed by atoms with Gasteiger partial charge in [-0.15, -0.1) is 0 Å². The van der Waals surface area contributed by atoms with Crippen molar-refractivity contribution in [2.45, 2.75) is 12.2 Å². The monoisotopic (exact) mass is 357 g/mol. The third-order valence-electron chi connectivity index (χ3n) is 4.25. The van der Waals surface area contributed by atoms with Gasteiger partial charge in [-0.05, 0) is 36.4 Å². The Kier molecular flexibility index (Phi) is 5.09. The van der Waals surface area contributed by atoms with Crippen LogP contribution in [0.5, 0.6) is 11.5 Å². The number of hydrogen-bond acceptors (Lipinski definition) is 5. The first-order valence-corrected chi connectivity index (χ1v) is 8.10. The van der Waals surface area contributed by atoms with E-state index in [2.05, 4.69) is 0 Å². The smallest absolute Gasteiger partial charge is 0.335 e. The molecule has 1 amide bonds. The van der Waals surface area contributed by atoms with E-state index in [1.165, 1.54) is 36.3 Å². The van der Waals surface area contributed by atoms with E-state index in [0.717, 1.165) is 0 Å². The Morgan fingerprint density at radius 3 is 2.42 bits per heavy atom. The number of amides is 1. The summed E-state index contributed by atoms with van der Waals surface area (Å²) in [6.45, 7) is 0.369. The van der Waals surface area contributed by atoms with Crippen LogP contribution >= 0.6 is 0 Å². The van der Waals surface area contributed by atoms with Gasteiger partial charge in [0.1, 0.15) is 23.7 Å². The minimum atomic E-state index is -1.02. The van der Waals surface area contributed by atoms with Crippen molar-refractivity contribution in [1.82, 2.24) is 4.90 Å². The van der Waals surface area contributed by atoms with Crippen molar-refractivity contribution in [3.63, 3.8) is 0 Å². The second-order valence-corrected chi connectivity index (χ2v) is 5.96. The maximum Gasteiger partial charge on any atom is 0.335 e. The van der Waals surface area contributed by atoms with E-state index in [1.807, 2.05) is 0 Å². The van der Waals surface area contributed by atoms with Crippen LogP contribution in [-0.4, -0.2) is 59.4 Å². The highest BCUT2D eigenvalue weighted by Crippen LogP contribution is 2.24. The summed E-state index contributed by atoms with van der Waals surface area (Å²) < 4.78 is 10.9. The minimum absolute atomic E-state index is 0.148. The quantitative estimate of drug-likeness (QED) is 0.845. The van der Waals surface area contributed by atoms with E-state index in [0.29, 0.717) is 17.1 Å². The standard InChI is InChI=1S/C19H19NO6/c1-25-16-5-3-2-4-14(16)18(22)20-10-15(21)17(11-20)26-13-8-6-12(7-9-13)19(23)24/h2-9,15,17,21H,10-11H2,1H3,(H,23,24)/t15-,17-/m1/s1. The highest BCUT2D eigenvalue weighted by molar-refractivity contribution is 5.97. The second-order valence-electron chi connectivity index (χ2n) is 5.96. The predicted molar refractivity (Wildman–Crippen MR) is 92.7 cm³/mol. The van der Waals surface area contributed by atoms with Gasteiger partial charge >= 0.3 is 5.97 Å². The van der Waals surface area contributed by atoms with Crippen molar-refractivity contribution in [2.24, 2.45) is 0 Å². The van der Waals surface area contributed by atoms with Gasteiger partial charge < -0.3 is 24.6 Å². The number of aromatic carboxylic acids is 1. The molecule has 2 N–H and O–H groups in total. The Labute approximate surface area is 150 Å². The summed E-state index contributed by atoms with van der Waals surface area (Å²) in [5.41, 5.74) is 0.575. The second kappa shape index (κ2) is 7.45. The molecule has 26 heavy (non-hydrogen) atoms. The summed E-state index contributed by atoms with van der Waals surface area (Å²) in [4.78, 5) is 25.1. The molecule has 3 rings (SSSR count). The molecule has 1 heterocycles. The highest BCUT2D eigenvalue weighted by Gasteiger charge is 2.36. The number of carboxylic acid groups (broad SMARTS) is 1. The molecule has 7 heteroatoms. The number of carbonyl (C=O) groups is 2. The van der Waals surface area contributed by atoms with E-state index >= 15 is 0 Å². The van der Waals surface area contributed by atoms with E-state index in [4.69, 9.17) is 14.6 Å². The van der Waals surface area contributed by atoms with Crippen molar-refractivity contribution < 1.29 is 29.3 Å². The summed E-state index contributed by atoms with van der Waals surface area (Å²) in [5, 5.41) is 19.2. The number of likely N-dealkylation sites (tertiary alicyclic amines) is 1. The lowest BCUT2D eigenvalue weighted by molar-refractivity contribution is 0.0693. The maximum absolute atomic E-state index is 12.7. The predicted octanol–water partition coefficient (Wildman–Crippen LogP) is 1.66. The molecule has 0 aromatic heterocycles. The number of carboxylic acids is 1. The van der Waals surface area contributed by atoms with Crippen LogP contribution in [0.25, 0.3) is 0 Å². The zero-order chi connectivity index (χ0) is 18.7. The van der Waals surface area contributed by atoms with Crippen molar-refractivity contribution in [3.05, 3.63) is 59.7 Å². The number of hydrogen-bond donors (Lipinski definition) is 2. The number of benzene rings is 2.